The maximum atomic E-state index is 12.3. The number of hydrogen-bond donors (Lipinski definition) is 2. The molecule has 0 aromatic heterocycles. The van der Waals surface area contributed by atoms with Crippen LogP contribution in [0.2, 0.25) is 0 Å². The lowest BCUT2D eigenvalue weighted by molar-refractivity contribution is -0.137. The average molecular weight is 243 g/mol. The van der Waals surface area contributed by atoms with Gasteiger partial charge >= 0.3 is 5.97 Å². The van der Waals surface area contributed by atoms with Gasteiger partial charge in [-0.2, -0.15) is 0 Å². The zero-order valence-electron chi connectivity index (χ0n) is 9.49. The van der Waals surface area contributed by atoms with E-state index in [-0.39, 0.29) is 18.0 Å². The number of nitrogens with one attached hydrogen (secondary N) is 1. The van der Waals surface area contributed by atoms with E-state index in [9.17, 15) is 13.6 Å². The van der Waals surface area contributed by atoms with E-state index >= 15 is 0 Å². The van der Waals surface area contributed by atoms with Gasteiger partial charge in [-0.15, -0.1) is 0 Å². The third-order valence-electron chi connectivity index (χ3n) is 2.42. The Labute approximate surface area is 98.5 Å². The van der Waals surface area contributed by atoms with Gasteiger partial charge in [0.1, 0.15) is 0 Å². The van der Waals surface area contributed by atoms with Crippen molar-refractivity contribution in [2.45, 2.75) is 25.8 Å². The van der Waals surface area contributed by atoms with E-state index in [2.05, 4.69) is 5.32 Å². The van der Waals surface area contributed by atoms with Crippen molar-refractivity contribution in [2.24, 2.45) is 0 Å². The molecule has 0 saturated heterocycles. The van der Waals surface area contributed by atoms with Crippen molar-refractivity contribution in [2.75, 3.05) is 6.54 Å². The molecule has 0 amide bonds. The predicted molar refractivity (Wildman–Crippen MR) is 60.1 cm³/mol. The van der Waals surface area contributed by atoms with Crippen LogP contribution in [0.15, 0.2) is 24.3 Å². The van der Waals surface area contributed by atoms with Crippen molar-refractivity contribution in [3.63, 3.8) is 0 Å². The Morgan fingerprint density at radius 3 is 2.24 bits per heavy atom. The lowest BCUT2D eigenvalue weighted by Crippen LogP contribution is -2.23. The van der Waals surface area contributed by atoms with E-state index < -0.39 is 12.4 Å². The first-order valence-electron chi connectivity index (χ1n) is 5.37. The summed E-state index contributed by atoms with van der Waals surface area (Å²) in [5, 5.41) is 11.8. The number of carboxylic acid groups (broad SMARTS) is 1. The minimum Gasteiger partial charge on any atom is -0.481 e. The number of carbonyl (C=O) groups is 1. The Balaban J connectivity index is 2.83. The highest BCUT2D eigenvalue weighted by molar-refractivity contribution is 5.67. The fraction of sp³-hybridized carbons (Fsp3) is 0.417. The Morgan fingerprint density at radius 2 is 1.82 bits per heavy atom. The summed E-state index contributed by atoms with van der Waals surface area (Å²) in [7, 11) is 0. The number of rotatable bonds is 6. The molecule has 0 bridgehead atoms. The van der Waals surface area contributed by atoms with E-state index in [1.54, 1.807) is 0 Å². The summed E-state index contributed by atoms with van der Waals surface area (Å²) in [6.45, 7) is 2.48. The lowest BCUT2D eigenvalue weighted by atomic mass is 10.0. The lowest BCUT2D eigenvalue weighted by Gasteiger charge is -2.16. The smallest absolute Gasteiger partial charge is 0.305 e. The molecule has 1 rings (SSSR count). The van der Waals surface area contributed by atoms with Crippen LogP contribution in [0.4, 0.5) is 8.78 Å². The van der Waals surface area contributed by atoms with E-state index in [1.165, 1.54) is 24.3 Å². The fourth-order valence-electron chi connectivity index (χ4n) is 1.60. The third kappa shape index (κ3) is 4.11. The van der Waals surface area contributed by atoms with Crippen LogP contribution in [0, 0.1) is 0 Å². The van der Waals surface area contributed by atoms with E-state index in [4.69, 9.17) is 5.11 Å². The number of halogens is 2. The van der Waals surface area contributed by atoms with E-state index in [0.29, 0.717) is 12.1 Å². The number of aliphatic carboxylic acids is 1. The Kier molecular flexibility index (Phi) is 5.03. The summed E-state index contributed by atoms with van der Waals surface area (Å²) >= 11 is 0. The van der Waals surface area contributed by atoms with Crippen molar-refractivity contribution < 1.29 is 18.7 Å². The molecule has 0 radical (unpaired) electrons. The highest BCUT2D eigenvalue weighted by atomic mass is 19.3. The first kappa shape index (κ1) is 13.6. The summed E-state index contributed by atoms with van der Waals surface area (Å²) in [6, 6.07) is 5.39. The molecule has 0 spiro atoms. The van der Waals surface area contributed by atoms with Crippen LogP contribution < -0.4 is 5.32 Å². The SMILES string of the molecule is CCNC(CC(=O)O)c1ccc(C(F)F)cc1. The van der Waals surface area contributed by atoms with Crippen LogP contribution in [0.5, 0.6) is 0 Å². The largest absolute Gasteiger partial charge is 0.481 e. The zero-order chi connectivity index (χ0) is 12.8. The first-order chi connectivity index (χ1) is 8.04. The standard InChI is InChI=1S/C12H15F2NO2/c1-2-15-10(7-11(16)17)8-3-5-9(6-4-8)12(13)14/h3-6,10,12,15H,2,7H2,1H3,(H,16,17). The molecule has 1 aromatic carbocycles. The van der Waals surface area contributed by atoms with Crippen molar-refractivity contribution in [1.82, 2.24) is 5.32 Å². The molecule has 3 nitrogen and oxygen atoms in total. The normalized spacial score (nSPS) is 12.7. The molecular weight excluding hydrogens is 228 g/mol. The van der Waals surface area contributed by atoms with Crippen LogP contribution in [0.25, 0.3) is 0 Å². The highest BCUT2D eigenvalue weighted by Crippen LogP contribution is 2.22. The second-order valence-electron chi connectivity index (χ2n) is 3.68. The summed E-state index contributed by atoms with van der Waals surface area (Å²) in [5.41, 5.74) is 0.651. The van der Waals surface area contributed by atoms with Gasteiger partial charge in [0.2, 0.25) is 0 Å². The van der Waals surface area contributed by atoms with Gasteiger partial charge < -0.3 is 10.4 Å². The molecule has 17 heavy (non-hydrogen) atoms. The molecule has 0 heterocycles. The molecular formula is C12H15F2NO2. The first-order valence-corrected chi connectivity index (χ1v) is 5.37. The second-order valence-corrected chi connectivity index (χ2v) is 3.68. The summed E-state index contributed by atoms with van der Waals surface area (Å²) in [6.07, 6.45) is -2.57. The van der Waals surface area contributed by atoms with Crippen LogP contribution >= 0.6 is 0 Å². The maximum absolute atomic E-state index is 12.3. The Morgan fingerprint density at radius 1 is 1.29 bits per heavy atom. The molecule has 2 N–H and O–H groups in total. The average Bonchev–Trinajstić information content (AvgIpc) is 2.28. The summed E-state index contributed by atoms with van der Waals surface area (Å²) in [5.74, 6) is -0.922. The van der Waals surface area contributed by atoms with Crippen LogP contribution in [0.1, 0.15) is 36.9 Å². The van der Waals surface area contributed by atoms with Gasteiger partial charge in [0.15, 0.2) is 0 Å². The minimum atomic E-state index is -2.50. The number of carboxylic acids is 1. The second kappa shape index (κ2) is 6.30. The van der Waals surface area contributed by atoms with Crippen LogP contribution in [0.3, 0.4) is 0 Å². The summed E-state index contributed by atoms with van der Waals surface area (Å²) < 4.78 is 24.7. The van der Waals surface area contributed by atoms with Crippen molar-refractivity contribution in [3.05, 3.63) is 35.4 Å². The third-order valence-corrected chi connectivity index (χ3v) is 2.42. The van der Waals surface area contributed by atoms with Gasteiger partial charge in [-0.25, -0.2) is 8.78 Å². The van der Waals surface area contributed by atoms with Gasteiger partial charge in [-0.05, 0) is 12.1 Å². The molecule has 94 valence electrons. The maximum Gasteiger partial charge on any atom is 0.305 e. The molecule has 1 atom stereocenters. The zero-order valence-corrected chi connectivity index (χ0v) is 9.49. The predicted octanol–water partition coefficient (Wildman–Crippen LogP) is 2.75. The van der Waals surface area contributed by atoms with E-state index in [0.717, 1.165) is 0 Å². The molecule has 1 unspecified atom stereocenters. The number of benzene rings is 1. The quantitative estimate of drug-likeness (QED) is 0.807. The molecule has 5 heteroatoms. The number of hydrogen-bond acceptors (Lipinski definition) is 2. The monoisotopic (exact) mass is 243 g/mol. The summed E-state index contributed by atoms with van der Waals surface area (Å²) in [4.78, 5) is 10.7. The van der Waals surface area contributed by atoms with Gasteiger partial charge in [-0.1, -0.05) is 31.2 Å². The Bertz CT molecular complexity index is 365. The molecule has 0 fully saturated rings. The van der Waals surface area contributed by atoms with Crippen molar-refractivity contribution in [1.29, 1.82) is 0 Å². The van der Waals surface area contributed by atoms with Crippen LogP contribution in [-0.2, 0) is 4.79 Å². The fourth-order valence-corrected chi connectivity index (χ4v) is 1.60. The van der Waals surface area contributed by atoms with Crippen molar-refractivity contribution >= 4 is 5.97 Å². The van der Waals surface area contributed by atoms with Gasteiger partial charge in [0.25, 0.3) is 6.43 Å². The van der Waals surface area contributed by atoms with Gasteiger partial charge in [0.05, 0.1) is 6.42 Å². The van der Waals surface area contributed by atoms with Crippen molar-refractivity contribution in [3.8, 4) is 0 Å². The minimum absolute atomic E-state index is 0.0562. The topological polar surface area (TPSA) is 49.3 Å². The van der Waals surface area contributed by atoms with Gasteiger partial charge in [0, 0.05) is 11.6 Å². The Hall–Kier alpha value is -1.49. The van der Waals surface area contributed by atoms with Gasteiger partial charge in [-0.3, -0.25) is 4.79 Å². The molecule has 1 aromatic rings. The molecule has 0 saturated carbocycles. The van der Waals surface area contributed by atoms with Crippen LogP contribution in [-0.4, -0.2) is 17.6 Å². The molecule has 0 aliphatic heterocycles. The number of alkyl halides is 2. The molecule has 0 aliphatic rings. The van der Waals surface area contributed by atoms with E-state index in [1.807, 2.05) is 6.92 Å². The molecule has 0 aliphatic carbocycles. The highest BCUT2D eigenvalue weighted by Gasteiger charge is 2.15.